The number of hydrogen-bond donors (Lipinski definition) is 4. The number of nitrogens with one attached hydrogen (secondary N) is 1. The van der Waals surface area contributed by atoms with Crippen molar-refractivity contribution in [2.24, 2.45) is 0 Å². The highest BCUT2D eigenvalue weighted by molar-refractivity contribution is 5.76. The maximum absolute atomic E-state index is 12.5. The molecule has 0 aliphatic heterocycles. The van der Waals surface area contributed by atoms with Gasteiger partial charge in [-0.05, 0) is 70.6 Å². The van der Waals surface area contributed by atoms with Crippen molar-refractivity contribution in [3.05, 3.63) is 48.6 Å². The van der Waals surface area contributed by atoms with Crippen LogP contribution in [0.5, 0.6) is 0 Å². The SMILES string of the molecule is CCCCCCCCCCCCCC/C=C\CCCCCCCCCCC(O)CC(=O)NC(CO)C(O)/C=C/CC/C=C/CC/C=C/CCCCCCCCCCCCCCCC. The summed E-state index contributed by atoms with van der Waals surface area (Å²) in [5, 5.41) is 33.4. The number of hydrogen-bond acceptors (Lipinski definition) is 4. The summed E-state index contributed by atoms with van der Waals surface area (Å²) >= 11 is 0. The fourth-order valence-electron chi connectivity index (χ4n) is 8.55. The van der Waals surface area contributed by atoms with Crippen LogP contribution in [0, 0.1) is 0 Å². The van der Waals surface area contributed by atoms with Crippen LogP contribution in [0.3, 0.4) is 0 Å². The van der Waals surface area contributed by atoms with E-state index in [0.29, 0.717) is 6.42 Å². The summed E-state index contributed by atoms with van der Waals surface area (Å²) in [6, 6.07) is -0.770. The van der Waals surface area contributed by atoms with Gasteiger partial charge in [0.15, 0.2) is 0 Å². The van der Waals surface area contributed by atoms with Crippen molar-refractivity contribution in [1.82, 2.24) is 5.32 Å². The van der Waals surface area contributed by atoms with Crippen LogP contribution >= 0.6 is 0 Å². The van der Waals surface area contributed by atoms with Crippen molar-refractivity contribution < 1.29 is 20.1 Å². The lowest BCUT2D eigenvalue weighted by Gasteiger charge is -2.21. The highest BCUT2D eigenvalue weighted by Gasteiger charge is 2.20. The molecule has 3 unspecified atom stereocenters. The number of aliphatic hydroxyl groups is 3. The molecule has 4 N–H and O–H groups in total. The summed E-state index contributed by atoms with van der Waals surface area (Å²) < 4.78 is 0. The van der Waals surface area contributed by atoms with Crippen LogP contribution in [-0.2, 0) is 4.79 Å². The second kappa shape index (κ2) is 52.9. The molecule has 0 bridgehead atoms. The smallest absolute Gasteiger partial charge is 0.222 e. The van der Waals surface area contributed by atoms with Crippen molar-refractivity contribution in [2.45, 2.75) is 308 Å². The lowest BCUT2D eigenvalue weighted by Crippen LogP contribution is -2.45. The zero-order valence-corrected chi connectivity index (χ0v) is 42.2. The Balaban J connectivity index is 3.65. The number of aliphatic hydroxyl groups excluding tert-OH is 3. The summed E-state index contributed by atoms with van der Waals surface area (Å²) in [7, 11) is 0. The molecule has 0 rings (SSSR count). The standard InChI is InChI=1S/C58H109NO4/c1-3-5-7-9-11-13-15-17-19-21-23-25-27-29-31-33-35-37-39-41-43-45-47-49-51-55(61)53-58(63)59-56(54-60)57(62)52-50-48-46-44-42-40-38-36-34-32-30-28-26-24-22-20-18-16-14-12-10-8-6-4-2/h29,31,34,36,42,44,50,52,55-57,60-62H,3-28,30,32-33,35,37-41,43,45-49,51,53-54H2,1-2H3,(H,59,63)/b31-29-,36-34+,44-42+,52-50+. The van der Waals surface area contributed by atoms with E-state index in [1.165, 1.54) is 225 Å². The highest BCUT2D eigenvalue weighted by Crippen LogP contribution is 2.16. The second-order valence-corrected chi connectivity index (χ2v) is 19.2. The van der Waals surface area contributed by atoms with Gasteiger partial charge in [-0.3, -0.25) is 4.79 Å². The van der Waals surface area contributed by atoms with Gasteiger partial charge in [0, 0.05) is 0 Å². The minimum absolute atomic E-state index is 0.000195. The summed E-state index contributed by atoms with van der Waals surface area (Å²) in [4.78, 5) is 12.5. The van der Waals surface area contributed by atoms with Crippen molar-refractivity contribution >= 4 is 5.91 Å². The van der Waals surface area contributed by atoms with Crippen molar-refractivity contribution in [3.8, 4) is 0 Å². The monoisotopic (exact) mass is 884 g/mol. The normalized spacial score (nSPS) is 13.7. The first-order valence-electron chi connectivity index (χ1n) is 27.9. The average Bonchev–Trinajstić information content (AvgIpc) is 3.28. The Morgan fingerprint density at radius 2 is 0.683 bits per heavy atom. The average molecular weight is 885 g/mol. The molecule has 0 heterocycles. The zero-order chi connectivity index (χ0) is 45.8. The van der Waals surface area contributed by atoms with Crippen molar-refractivity contribution in [1.29, 1.82) is 0 Å². The van der Waals surface area contributed by atoms with E-state index in [-0.39, 0.29) is 18.9 Å². The molecular formula is C58H109NO4. The molecule has 0 saturated carbocycles. The Hall–Kier alpha value is -1.69. The molecule has 0 aliphatic carbocycles. The molecular weight excluding hydrogens is 775 g/mol. The Morgan fingerprint density at radius 1 is 0.397 bits per heavy atom. The van der Waals surface area contributed by atoms with Gasteiger partial charge in [-0.1, -0.05) is 262 Å². The molecule has 0 radical (unpaired) electrons. The van der Waals surface area contributed by atoms with Gasteiger partial charge >= 0.3 is 0 Å². The molecule has 0 aliphatic rings. The lowest BCUT2D eigenvalue weighted by atomic mass is 10.0. The molecule has 370 valence electrons. The summed E-state index contributed by atoms with van der Waals surface area (Å²) in [5.74, 6) is -0.329. The molecule has 1 amide bonds. The van der Waals surface area contributed by atoms with Gasteiger partial charge in [-0.15, -0.1) is 0 Å². The first-order valence-corrected chi connectivity index (χ1v) is 27.9. The fraction of sp³-hybridized carbons (Fsp3) is 0.845. The van der Waals surface area contributed by atoms with Gasteiger partial charge in [-0.25, -0.2) is 0 Å². The Labute approximate surface area is 393 Å². The van der Waals surface area contributed by atoms with Gasteiger partial charge in [0.05, 0.1) is 31.3 Å². The molecule has 0 aromatic carbocycles. The summed E-state index contributed by atoms with van der Waals surface area (Å²) in [5.41, 5.74) is 0. The summed E-state index contributed by atoms with van der Waals surface area (Å²) in [6.07, 6.45) is 70.1. The molecule has 0 aromatic heterocycles. The van der Waals surface area contributed by atoms with Crippen LogP contribution in [-0.4, -0.2) is 46.1 Å². The van der Waals surface area contributed by atoms with E-state index in [1.54, 1.807) is 6.08 Å². The van der Waals surface area contributed by atoms with Gasteiger partial charge < -0.3 is 20.6 Å². The predicted molar refractivity (Wildman–Crippen MR) is 277 cm³/mol. The number of allylic oxidation sites excluding steroid dienone is 7. The molecule has 63 heavy (non-hydrogen) atoms. The number of carbonyl (C=O) groups excluding carboxylic acids is 1. The molecule has 0 fully saturated rings. The van der Waals surface area contributed by atoms with Crippen LogP contribution in [0.4, 0.5) is 0 Å². The molecule has 0 aromatic rings. The second-order valence-electron chi connectivity index (χ2n) is 19.2. The summed E-state index contributed by atoms with van der Waals surface area (Å²) in [6.45, 7) is 4.23. The highest BCUT2D eigenvalue weighted by atomic mass is 16.3. The quantitative estimate of drug-likeness (QED) is 0.0362. The molecule has 3 atom stereocenters. The molecule has 0 saturated heterocycles. The fourth-order valence-corrected chi connectivity index (χ4v) is 8.55. The lowest BCUT2D eigenvalue weighted by molar-refractivity contribution is -0.124. The minimum atomic E-state index is -0.963. The predicted octanol–water partition coefficient (Wildman–Crippen LogP) is 17.2. The number of amides is 1. The largest absolute Gasteiger partial charge is 0.394 e. The maximum Gasteiger partial charge on any atom is 0.222 e. The van der Waals surface area contributed by atoms with Gasteiger partial charge in [0.2, 0.25) is 5.91 Å². The maximum atomic E-state index is 12.5. The van der Waals surface area contributed by atoms with Crippen LogP contribution < -0.4 is 5.32 Å². The third-order valence-corrected chi connectivity index (χ3v) is 12.8. The van der Waals surface area contributed by atoms with Gasteiger partial charge in [0.1, 0.15) is 0 Å². The number of unbranched alkanes of at least 4 members (excludes halogenated alkanes) is 36. The van der Waals surface area contributed by atoms with Gasteiger partial charge in [0.25, 0.3) is 0 Å². The number of rotatable bonds is 51. The molecule has 0 spiro atoms. The van der Waals surface area contributed by atoms with Crippen LogP contribution in [0.15, 0.2) is 48.6 Å². The number of carbonyl (C=O) groups is 1. The topological polar surface area (TPSA) is 89.8 Å². The van der Waals surface area contributed by atoms with E-state index in [4.69, 9.17) is 0 Å². The van der Waals surface area contributed by atoms with E-state index >= 15 is 0 Å². The van der Waals surface area contributed by atoms with Crippen LogP contribution in [0.1, 0.15) is 290 Å². The zero-order valence-electron chi connectivity index (χ0n) is 42.2. The van der Waals surface area contributed by atoms with Gasteiger partial charge in [-0.2, -0.15) is 0 Å². The Morgan fingerprint density at radius 3 is 1.02 bits per heavy atom. The van der Waals surface area contributed by atoms with E-state index in [2.05, 4.69) is 55.6 Å². The first-order chi connectivity index (χ1) is 31.0. The minimum Gasteiger partial charge on any atom is -0.394 e. The Bertz CT molecular complexity index is 1020. The van der Waals surface area contributed by atoms with E-state index < -0.39 is 18.2 Å². The van der Waals surface area contributed by atoms with Crippen molar-refractivity contribution in [2.75, 3.05) is 6.61 Å². The van der Waals surface area contributed by atoms with Crippen LogP contribution in [0.2, 0.25) is 0 Å². The van der Waals surface area contributed by atoms with Crippen LogP contribution in [0.25, 0.3) is 0 Å². The molecule has 5 heteroatoms. The van der Waals surface area contributed by atoms with E-state index in [9.17, 15) is 20.1 Å². The third kappa shape index (κ3) is 49.6. The van der Waals surface area contributed by atoms with E-state index in [0.717, 1.165) is 38.5 Å². The first kappa shape index (κ1) is 61.3. The van der Waals surface area contributed by atoms with Crippen molar-refractivity contribution in [3.63, 3.8) is 0 Å². The third-order valence-electron chi connectivity index (χ3n) is 12.8. The Kier molecular flexibility index (Phi) is 51.5. The van der Waals surface area contributed by atoms with E-state index in [1.807, 2.05) is 6.08 Å². The molecule has 5 nitrogen and oxygen atoms in total.